The van der Waals surface area contributed by atoms with Crippen molar-refractivity contribution >= 4 is 27.5 Å². The molecule has 132 valence electrons. The molecular formula is C16H21BrClN3O3. The van der Waals surface area contributed by atoms with Gasteiger partial charge in [0, 0.05) is 32.0 Å². The minimum atomic E-state index is -1.60. The number of nitrogens with zero attached hydrogens (tertiary/aromatic N) is 3. The molecule has 0 spiro atoms. The number of aromatic nitrogens is 2. The van der Waals surface area contributed by atoms with E-state index in [2.05, 4.69) is 25.9 Å². The lowest BCUT2D eigenvalue weighted by Gasteiger charge is -2.39. The van der Waals surface area contributed by atoms with Crippen LogP contribution in [0, 0.1) is 5.92 Å². The van der Waals surface area contributed by atoms with Gasteiger partial charge in [0.1, 0.15) is 5.76 Å². The van der Waals surface area contributed by atoms with Gasteiger partial charge in [-0.05, 0) is 40.9 Å². The van der Waals surface area contributed by atoms with Gasteiger partial charge in [-0.25, -0.2) is 0 Å². The van der Waals surface area contributed by atoms with Crippen molar-refractivity contribution in [1.29, 1.82) is 0 Å². The summed E-state index contributed by atoms with van der Waals surface area (Å²) in [5, 5.41) is 23.4. The van der Waals surface area contributed by atoms with Gasteiger partial charge in [-0.1, -0.05) is 11.6 Å². The quantitative estimate of drug-likeness (QED) is 0.736. The highest BCUT2D eigenvalue weighted by Crippen LogP contribution is 2.41. The summed E-state index contributed by atoms with van der Waals surface area (Å²) in [5.41, 5.74) is 0. The third-order valence-corrected chi connectivity index (χ3v) is 5.69. The maximum absolute atomic E-state index is 10.5. The van der Waals surface area contributed by atoms with Crippen LogP contribution in [0.1, 0.15) is 18.9 Å². The van der Waals surface area contributed by atoms with Crippen molar-refractivity contribution < 1.29 is 14.9 Å². The highest BCUT2D eigenvalue weighted by Gasteiger charge is 2.43. The van der Waals surface area contributed by atoms with Gasteiger partial charge in [-0.2, -0.15) is 5.10 Å². The number of methoxy groups -OCH3 is 1. The van der Waals surface area contributed by atoms with Crippen molar-refractivity contribution in [3.8, 4) is 0 Å². The Labute approximate surface area is 154 Å². The Morgan fingerprint density at radius 1 is 1.46 bits per heavy atom. The lowest BCUT2D eigenvalue weighted by atomic mass is 9.92. The zero-order chi connectivity index (χ0) is 17.3. The predicted molar refractivity (Wildman–Crippen MR) is 94.9 cm³/mol. The van der Waals surface area contributed by atoms with Crippen LogP contribution in [0.3, 0.4) is 0 Å². The number of piperidine rings is 1. The van der Waals surface area contributed by atoms with E-state index in [1.807, 2.05) is 16.9 Å². The van der Waals surface area contributed by atoms with Crippen LogP contribution < -0.4 is 0 Å². The minimum absolute atomic E-state index is 0.0146. The van der Waals surface area contributed by atoms with E-state index < -0.39 is 11.0 Å². The molecule has 0 bridgehead atoms. The molecule has 3 rings (SSSR count). The van der Waals surface area contributed by atoms with E-state index >= 15 is 0 Å². The normalized spacial score (nSPS) is 29.7. The topological polar surface area (TPSA) is 70.8 Å². The Bertz CT molecular complexity index is 637. The van der Waals surface area contributed by atoms with Gasteiger partial charge in [0.2, 0.25) is 0 Å². The van der Waals surface area contributed by atoms with Crippen molar-refractivity contribution in [2.75, 3.05) is 26.7 Å². The number of rotatable bonds is 4. The smallest absolute Gasteiger partial charge is 0.170 e. The molecule has 8 heteroatoms. The van der Waals surface area contributed by atoms with Crippen molar-refractivity contribution in [3.63, 3.8) is 0 Å². The van der Waals surface area contributed by atoms with Crippen LogP contribution in [0.5, 0.6) is 0 Å². The second-order valence-corrected chi connectivity index (χ2v) is 7.67. The van der Waals surface area contributed by atoms with Crippen LogP contribution in [0.2, 0.25) is 0 Å². The Balaban J connectivity index is 1.67. The van der Waals surface area contributed by atoms with E-state index in [-0.39, 0.29) is 5.76 Å². The number of halogens is 2. The summed E-state index contributed by atoms with van der Waals surface area (Å²) in [6.45, 7) is 2.25. The number of aliphatic hydroxyl groups excluding tert-OH is 1. The molecule has 24 heavy (non-hydrogen) atoms. The molecule has 2 heterocycles. The average molecular weight is 419 g/mol. The van der Waals surface area contributed by atoms with E-state index in [0.29, 0.717) is 22.8 Å². The third kappa shape index (κ3) is 3.49. The van der Waals surface area contributed by atoms with Crippen LogP contribution in [0.25, 0.3) is 0 Å². The van der Waals surface area contributed by atoms with Crippen LogP contribution in [0.4, 0.5) is 0 Å². The van der Waals surface area contributed by atoms with Gasteiger partial charge in [0.25, 0.3) is 0 Å². The first-order valence-corrected chi connectivity index (χ1v) is 9.08. The molecule has 2 atom stereocenters. The molecule has 0 amide bonds. The monoisotopic (exact) mass is 417 g/mol. The molecule has 1 aromatic rings. The molecule has 1 aliphatic carbocycles. The first-order chi connectivity index (χ1) is 11.4. The molecule has 6 nitrogen and oxygen atoms in total. The highest BCUT2D eigenvalue weighted by atomic mass is 79.9. The zero-order valence-corrected chi connectivity index (χ0v) is 15.7. The zero-order valence-electron chi connectivity index (χ0n) is 13.4. The second-order valence-electron chi connectivity index (χ2n) is 6.21. The average Bonchev–Trinajstić information content (AvgIpc) is 3.08. The molecular weight excluding hydrogens is 398 g/mol. The van der Waals surface area contributed by atoms with Crippen molar-refractivity contribution in [2.45, 2.75) is 23.9 Å². The number of aliphatic hydroxyl groups is 2. The first kappa shape index (κ1) is 17.8. The molecule has 1 aromatic heterocycles. The van der Waals surface area contributed by atoms with Gasteiger partial charge in [-0.3, -0.25) is 4.68 Å². The van der Waals surface area contributed by atoms with E-state index in [1.54, 1.807) is 6.20 Å². The largest absolute Gasteiger partial charge is 0.504 e. The fourth-order valence-electron chi connectivity index (χ4n) is 3.38. The van der Waals surface area contributed by atoms with E-state index in [4.69, 9.17) is 16.3 Å². The number of hydrogen-bond donors (Lipinski definition) is 2. The number of likely N-dealkylation sites (tertiary alicyclic amines) is 1. The fourth-order valence-corrected chi connectivity index (χ4v) is 4.34. The molecule has 0 saturated carbocycles. The number of hydrogen-bond acceptors (Lipinski definition) is 5. The number of alkyl halides is 1. The van der Waals surface area contributed by atoms with Gasteiger partial charge in [0.05, 0.1) is 23.6 Å². The summed E-state index contributed by atoms with van der Waals surface area (Å²) in [7, 11) is 1.47. The summed E-state index contributed by atoms with van der Waals surface area (Å²) in [6, 6.07) is 2.34. The second kappa shape index (κ2) is 7.07. The standard InChI is InChI=1S/C16H21BrClN3O3/c1-24-15-12(16(18,23)9-13(17)14(15)22)10-20-7-3-11(4-8-20)21-6-2-5-19-21/h2,5-6,9,11-12,22-23H,3-4,7-8,10H2,1H3. The SMILES string of the molecule is COC1=C(O)C(Br)=CC(O)(Cl)C1CN1CCC(n2cccn2)CC1. The molecule has 0 aromatic carbocycles. The lowest BCUT2D eigenvalue weighted by Crippen LogP contribution is -2.45. The van der Waals surface area contributed by atoms with Crippen LogP contribution in [-0.2, 0) is 4.74 Å². The van der Waals surface area contributed by atoms with Crippen LogP contribution >= 0.6 is 27.5 Å². The van der Waals surface area contributed by atoms with Crippen LogP contribution in [-0.4, -0.2) is 56.7 Å². The van der Waals surface area contributed by atoms with E-state index in [0.717, 1.165) is 25.9 Å². The number of allylic oxidation sites excluding steroid dienone is 1. The first-order valence-electron chi connectivity index (χ1n) is 7.91. The summed E-state index contributed by atoms with van der Waals surface area (Å²) >= 11 is 9.48. The molecule has 2 aliphatic rings. The summed E-state index contributed by atoms with van der Waals surface area (Å²) in [6.07, 6.45) is 7.16. The van der Waals surface area contributed by atoms with E-state index in [1.165, 1.54) is 13.2 Å². The predicted octanol–water partition coefficient (Wildman–Crippen LogP) is 2.77. The van der Waals surface area contributed by atoms with Crippen molar-refractivity contribution in [2.24, 2.45) is 5.92 Å². The molecule has 1 fully saturated rings. The number of ether oxygens (including phenoxy) is 1. The van der Waals surface area contributed by atoms with Gasteiger partial charge in [0.15, 0.2) is 10.8 Å². The fraction of sp³-hybridized carbons (Fsp3) is 0.562. The highest BCUT2D eigenvalue weighted by molar-refractivity contribution is 9.11. The maximum Gasteiger partial charge on any atom is 0.170 e. The Morgan fingerprint density at radius 3 is 2.75 bits per heavy atom. The van der Waals surface area contributed by atoms with E-state index in [9.17, 15) is 10.2 Å². The molecule has 2 N–H and O–H groups in total. The van der Waals surface area contributed by atoms with Crippen molar-refractivity contribution in [3.05, 3.63) is 40.5 Å². The summed E-state index contributed by atoms with van der Waals surface area (Å²) in [4.78, 5) is 2.23. The maximum atomic E-state index is 10.5. The lowest BCUT2D eigenvalue weighted by molar-refractivity contribution is 0.0465. The van der Waals surface area contributed by atoms with Gasteiger partial charge in [-0.15, -0.1) is 0 Å². The summed E-state index contributed by atoms with van der Waals surface area (Å²) < 4.78 is 7.66. The molecule has 2 unspecified atom stereocenters. The minimum Gasteiger partial charge on any atom is -0.504 e. The Kier molecular flexibility index (Phi) is 5.24. The molecule has 0 radical (unpaired) electrons. The van der Waals surface area contributed by atoms with Gasteiger partial charge >= 0.3 is 0 Å². The van der Waals surface area contributed by atoms with Gasteiger partial charge < -0.3 is 19.8 Å². The molecule has 1 saturated heterocycles. The Morgan fingerprint density at radius 2 is 2.17 bits per heavy atom. The Hall–Kier alpha value is -1.02. The third-order valence-electron chi connectivity index (χ3n) is 4.71. The molecule has 1 aliphatic heterocycles. The summed E-state index contributed by atoms with van der Waals surface area (Å²) in [5.74, 6) is -0.248. The van der Waals surface area contributed by atoms with Crippen LogP contribution in [0.15, 0.2) is 40.5 Å². The van der Waals surface area contributed by atoms with Crippen molar-refractivity contribution in [1.82, 2.24) is 14.7 Å².